The van der Waals surface area contributed by atoms with Gasteiger partial charge in [-0.15, -0.1) is 11.3 Å². The average Bonchev–Trinajstić information content (AvgIpc) is 2.83. The molecule has 0 fully saturated rings. The second-order valence-corrected chi connectivity index (χ2v) is 5.44. The summed E-state index contributed by atoms with van der Waals surface area (Å²) in [7, 11) is 0. The maximum absolute atomic E-state index is 10.0. The molecule has 0 amide bonds. The van der Waals surface area contributed by atoms with Crippen LogP contribution in [0.25, 0.3) is 0 Å². The molecule has 90 valence electrons. The zero-order valence-corrected chi connectivity index (χ0v) is 10.9. The van der Waals surface area contributed by atoms with Crippen molar-refractivity contribution in [1.82, 2.24) is 4.98 Å². The van der Waals surface area contributed by atoms with Crippen LogP contribution in [-0.2, 0) is 6.42 Å². The van der Waals surface area contributed by atoms with Gasteiger partial charge in [0, 0.05) is 12.6 Å². The van der Waals surface area contributed by atoms with Crippen molar-refractivity contribution < 1.29 is 5.11 Å². The Morgan fingerprint density at radius 2 is 1.94 bits per heavy atom. The van der Waals surface area contributed by atoms with Crippen molar-refractivity contribution in [1.29, 1.82) is 0 Å². The largest absolute Gasteiger partial charge is 0.387 e. The first kappa shape index (κ1) is 12.3. The molecule has 1 aromatic carbocycles. The van der Waals surface area contributed by atoms with Crippen LogP contribution < -0.4 is 0 Å². The molecular formula is C14H17NOS. The van der Waals surface area contributed by atoms with Gasteiger partial charge in [-0.1, -0.05) is 38.1 Å². The van der Waals surface area contributed by atoms with E-state index in [4.69, 9.17) is 0 Å². The standard InChI is InChI=1S/C14H17NOS/c1-10(2)12-5-3-11(4-6-12)7-13(16)14-8-15-9-17-14/h3-6,8-10,13,16H,7H2,1-2H3. The van der Waals surface area contributed by atoms with Crippen LogP contribution in [0.3, 0.4) is 0 Å². The van der Waals surface area contributed by atoms with Gasteiger partial charge < -0.3 is 5.11 Å². The molecule has 17 heavy (non-hydrogen) atoms. The quantitative estimate of drug-likeness (QED) is 0.896. The fraction of sp³-hybridized carbons (Fsp3) is 0.357. The molecule has 0 aliphatic heterocycles. The summed E-state index contributed by atoms with van der Waals surface area (Å²) in [5.74, 6) is 0.551. The Morgan fingerprint density at radius 3 is 2.47 bits per heavy atom. The number of rotatable bonds is 4. The smallest absolute Gasteiger partial charge is 0.0938 e. The SMILES string of the molecule is CC(C)c1ccc(CC(O)c2cncs2)cc1. The minimum Gasteiger partial charge on any atom is -0.387 e. The first-order valence-electron chi connectivity index (χ1n) is 5.82. The molecule has 1 heterocycles. The molecule has 3 heteroatoms. The minimum atomic E-state index is -0.438. The van der Waals surface area contributed by atoms with Gasteiger partial charge in [0.25, 0.3) is 0 Å². The van der Waals surface area contributed by atoms with Crippen molar-refractivity contribution in [2.24, 2.45) is 0 Å². The molecule has 0 bridgehead atoms. The Labute approximate surface area is 106 Å². The fourth-order valence-electron chi connectivity index (χ4n) is 1.75. The Morgan fingerprint density at radius 1 is 1.24 bits per heavy atom. The molecule has 0 spiro atoms. The molecule has 2 nitrogen and oxygen atoms in total. The highest BCUT2D eigenvalue weighted by atomic mass is 32.1. The fourth-order valence-corrected chi connectivity index (χ4v) is 2.36. The summed E-state index contributed by atoms with van der Waals surface area (Å²) in [6.07, 6.45) is 1.95. The topological polar surface area (TPSA) is 33.1 Å². The van der Waals surface area contributed by atoms with Gasteiger partial charge in [0.15, 0.2) is 0 Å². The first-order chi connectivity index (χ1) is 8.16. The summed E-state index contributed by atoms with van der Waals surface area (Å²) >= 11 is 1.50. The van der Waals surface area contributed by atoms with Gasteiger partial charge in [-0.3, -0.25) is 4.98 Å². The summed E-state index contributed by atoms with van der Waals surface area (Å²) in [5, 5.41) is 10.0. The number of nitrogens with zero attached hydrogens (tertiary/aromatic N) is 1. The van der Waals surface area contributed by atoms with Crippen LogP contribution in [0.2, 0.25) is 0 Å². The van der Waals surface area contributed by atoms with Crippen LogP contribution in [0.4, 0.5) is 0 Å². The van der Waals surface area contributed by atoms with Crippen molar-refractivity contribution in [2.75, 3.05) is 0 Å². The van der Waals surface area contributed by atoms with Crippen LogP contribution in [0.1, 0.15) is 41.9 Å². The number of benzene rings is 1. The molecule has 0 saturated heterocycles. The van der Waals surface area contributed by atoms with Gasteiger partial charge in [-0.25, -0.2) is 0 Å². The van der Waals surface area contributed by atoms with Crippen molar-refractivity contribution in [3.8, 4) is 0 Å². The number of aromatic nitrogens is 1. The second-order valence-electron chi connectivity index (χ2n) is 4.52. The first-order valence-corrected chi connectivity index (χ1v) is 6.70. The molecule has 1 atom stereocenters. The van der Waals surface area contributed by atoms with Crippen molar-refractivity contribution in [3.63, 3.8) is 0 Å². The lowest BCUT2D eigenvalue weighted by Crippen LogP contribution is -2.00. The summed E-state index contributed by atoms with van der Waals surface area (Å²) in [6.45, 7) is 4.36. The molecule has 1 aromatic heterocycles. The van der Waals surface area contributed by atoms with Gasteiger partial charge in [-0.2, -0.15) is 0 Å². The van der Waals surface area contributed by atoms with Gasteiger partial charge in [0.2, 0.25) is 0 Å². The lowest BCUT2D eigenvalue weighted by Gasteiger charge is -2.10. The van der Waals surface area contributed by atoms with E-state index in [0.29, 0.717) is 12.3 Å². The summed E-state index contributed by atoms with van der Waals surface area (Å²) in [4.78, 5) is 4.91. The van der Waals surface area contributed by atoms with Crippen LogP contribution in [-0.4, -0.2) is 10.1 Å². The highest BCUT2D eigenvalue weighted by molar-refractivity contribution is 7.09. The van der Waals surface area contributed by atoms with Gasteiger partial charge in [0.1, 0.15) is 0 Å². The zero-order chi connectivity index (χ0) is 12.3. The third-order valence-corrected chi connectivity index (χ3v) is 3.73. The van der Waals surface area contributed by atoms with Crippen molar-refractivity contribution in [2.45, 2.75) is 32.3 Å². The van der Waals surface area contributed by atoms with E-state index >= 15 is 0 Å². The number of hydrogen-bond acceptors (Lipinski definition) is 3. The molecule has 0 radical (unpaired) electrons. The van der Waals surface area contributed by atoms with E-state index in [0.717, 1.165) is 10.4 Å². The lowest BCUT2D eigenvalue weighted by atomic mass is 9.99. The highest BCUT2D eigenvalue weighted by Gasteiger charge is 2.10. The van der Waals surface area contributed by atoms with Crippen molar-refractivity contribution in [3.05, 3.63) is 52.0 Å². The monoisotopic (exact) mass is 247 g/mol. The van der Waals surface area contributed by atoms with Crippen molar-refractivity contribution >= 4 is 11.3 Å². The summed E-state index contributed by atoms with van der Waals surface area (Å²) < 4.78 is 0. The summed E-state index contributed by atoms with van der Waals surface area (Å²) in [6, 6.07) is 8.47. The van der Waals surface area contributed by atoms with Crippen LogP contribution in [0.15, 0.2) is 36.0 Å². The van der Waals surface area contributed by atoms with E-state index in [1.54, 1.807) is 11.7 Å². The third kappa shape index (κ3) is 3.14. The molecule has 0 aliphatic rings. The van der Waals surface area contributed by atoms with Gasteiger partial charge in [0.05, 0.1) is 16.5 Å². The molecular weight excluding hydrogens is 230 g/mol. The molecule has 2 aromatic rings. The van der Waals surface area contributed by atoms with E-state index in [2.05, 4.69) is 43.1 Å². The van der Waals surface area contributed by atoms with E-state index in [1.807, 2.05) is 0 Å². The molecule has 2 rings (SSSR count). The average molecular weight is 247 g/mol. The second kappa shape index (κ2) is 5.43. The normalized spacial score (nSPS) is 12.9. The molecule has 1 unspecified atom stereocenters. The van der Waals surface area contributed by atoms with Gasteiger partial charge in [-0.05, 0) is 17.0 Å². The Hall–Kier alpha value is -1.19. The van der Waals surface area contributed by atoms with Crippen LogP contribution in [0, 0.1) is 0 Å². The zero-order valence-electron chi connectivity index (χ0n) is 10.1. The Kier molecular flexibility index (Phi) is 3.92. The maximum atomic E-state index is 10.0. The highest BCUT2D eigenvalue weighted by Crippen LogP contribution is 2.22. The van der Waals surface area contributed by atoms with E-state index in [-0.39, 0.29) is 0 Å². The number of aliphatic hydroxyl groups is 1. The van der Waals surface area contributed by atoms with E-state index < -0.39 is 6.10 Å². The predicted molar refractivity (Wildman–Crippen MR) is 71.3 cm³/mol. The van der Waals surface area contributed by atoms with E-state index in [9.17, 15) is 5.11 Å². The van der Waals surface area contributed by atoms with Crippen LogP contribution >= 0.6 is 11.3 Å². The summed E-state index contributed by atoms with van der Waals surface area (Å²) in [5.41, 5.74) is 4.25. The number of hydrogen-bond donors (Lipinski definition) is 1. The minimum absolute atomic E-state index is 0.438. The molecule has 1 N–H and O–H groups in total. The van der Waals surface area contributed by atoms with Crippen LogP contribution in [0.5, 0.6) is 0 Å². The Balaban J connectivity index is 2.04. The maximum Gasteiger partial charge on any atom is 0.0938 e. The predicted octanol–water partition coefficient (Wildman–Crippen LogP) is 3.54. The van der Waals surface area contributed by atoms with Gasteiger partial charge >= 0.3 is 0 Å². The lowest BCUT2D eigenvalue weighted by molar-refractivity contribution is 0.182. The number of aliphatic hydroxyl groups excluding tert-OH is 1. The number of thiazole rings is 1. The molecule has 0 aliphatic carbocycles. The molecule has 0 saturated carbocycles. The third-order valence-electron chi connectivity index (χ3n) is 2.86. The Bertz CT molecular complexity index is 448. The van der Waals surface area contributed by atoms with E-state index in [1.165, 1.54) is 16.9 Å².